The second-order valence-electron chi connectivity index (χ2n) is 8.57. The number of piperidine rings is 1. The molecule has 0 amide bonds. The van der Waals surface area contributed by atoms with Crippen LogP contribution in [0.25, 0.3) is 0 Å². The average molecular weight is 441 g/mol. The fourth-order valence-electron chi connectivity index (χ4n) is 4.85. The Bertz CT molecular complexity index is 872. The third-order valence-electron chi connectivity index (χ3n) is 6.19. The first kappa shape index (κ1) is 23.9. The summed E-state index contributed by atoms with van der Waals surface area (Å²) in [6, 6.07) is -1.46. The van der Waals surface area contributed by atoms with Crippen molar-refractivity contribution in [2.45, 2.75) is 56.2 Å². The van der Waals surface area contributed by atoms with E-state index in [0.717, 1.165) is 14.2 Å². The van der Waals surface area contributed by atoms with Gasteiger partial charge in [-0.15, -0.1) is 0 Å². The Morgan fingerprint density at radius 3 is 2.03 bits per heavy atom. The van der Waals surface area contributed by atoms with Gasteiger partial charge in [0, 0.05) is 17.5 Å². The predicted octanol–water partition coefficient (Wildman–Crippen LogP) is -1.51. The maximum Gasteiger partial charge on any atom is 0.288 e. The van der Waals surface area contributed by atoms with Gasteiger partial charge in [-0.2, -0.15) is 0 Å². The largest absolute Gasteiger partial charge is 0.504 e. The van der Waals surface area contributed by atoms with Crippen molar-refractivity contribution in [2.24, 2.45) is 11.8 Å². The first-order chi connectivity index (χ1) is 14.2. The second kappa shape index (κ2) is 7.37. The molecule has 11 nitrogen and oxygen atoms in total. The molecule has 0 spiro atoms. The molecule has 0 aromatic heterocycles. The molecule has 2 radical (unpaired) electrons. The van der Waals surface area contributed by atoms with Crippen LogP contribution in [0.2, 0.25) is 0 Å². The number of aliphatic hydroxyl groups excluding tert-OH is 1. The van der Waals surface area contributed by atoms with E-state index in [4.69, 9.17) is 17.3 Å². The Balaban J connectivity index is 2.37. The van der Waals surface area contributed by atoms with Crippen LogP contribution in [0.4, 0.5) is 0 Å². The Hall–Kier alpha value is -1.80. The molecule has 2 aliphatic heterocycles. The predicted molar refractivity (Wildman–Crippen MR) is 105 cm³/mol. The molecule has 1 aromatic carbocycles. The van der Waals surface area contributed by atoms with Crippen LogP contribution in [0, 0.1) is 11.8 Å². The monoisotopic (exact) mass is 441 g/mol. The summed E-state index contributed by atoms with van der Waals surface area (Å²) in [6.07, 6.45) is -1.42. The summed E-state index contributed by atoms with van der Waals surface area (Å²) in [5.74, 6) is -11.0. The number of hydrogen-bond donors (Lipinski definition) is 8. The molecule has 172 valence electrons. The first-order valence-corrected chi connectivity index (χ1v) is 9.74. The van der Waals surface area contributed by atoms with Gasteiger partial charge in [-0.05, 0) is 18.8 Å². The van der Waals surface area contributed by atoms with Crippen LogP contribution >= 0.6 is 0 Å². The van der Waals surface area contributed by atoms with Gasteiger partial charge in [-0.3, -0.25) is 0 Å². The summed E-state index contributed by atoms with van der Waals surface area (Å²) in [7, 11) is 8.33. The van der Waals surface area contributed by atoms with Crippen LogP contribution < -0.4 is 9.47 Å². The topological polar surface area (TPSA) is 184 Å². The highest BCUT2D eigenvalue weighted by Gasteiger charge is 2.69. The highest BCUT2D eigenvalue weighted by atomic mass is 16.6. The summed E-state index contributed by atoms with van der Waals surface area (Å²) in [5, 5.41) is 86.6. The lowest BCUT2D eigenvalue weighted by Crippen LogP contribution is -2.77. The Morgan fingerprint density at radius 2 is 1.55 bits per heavy atom. The average Bonchev–Trinajstić information content (AvgIpc) is 2.63. The lowest BCUT2D eigenvalue weighted by Gasteiger charge is -2.61. The van der Waals surface area contributed by atoms with Crippen molar-refractivity contribution in [2.75, 3.05) is 14.2 Å². The number of benzene rings is 1. The molecule has 31 heavy (non-hydrogen) atoms. The summed E-state index contributed by atoms with van der Waals surface area (Å²) in [4.78, 5) is 0.410. The van der Waals surface area contributed by atoms with Gasteiger partial charge in [-0.1, -0.05) is 13.8 Å². The zero-order valence-electron chi connectivity index (χ0n) is 17.6. The zero-order valence-corrected chi connectivity index (χ0v) is 17.6. The molecule has 1 saturated heterocycles. The molecule has 4 atom stereocenters. The van der Waals surface area contributed by atoms with Gasteiger partial charge in [0.1, 0.15) is 7.85 Å². The van der Waals surface area contributed by atoms with Crippen molar-refractivity contribution < 1.29 is 50.3 Å². The molecule has 2 aliphatic rings. The second-order valence-corrected chi connectivity index (χ2v) is 8.57. The van der Waals surface area contributed by atoms with Gasteiger partial charge in [-0.25, -0.2) is 4.90 Å². The first-order valence-electron chi connectivity index (χ1n) is 9.74. The summed E-state index contributed by atoms with van der Waals surface area (Å²) < 4.78 is 10.0. The van der Waals surface area contributed by atoms with E-state index < -0.39 is 63.8 Å². The number of hydrogen-bond acceptors (Lipinski definition) is 11. The smallest absolute Gasteiger partial charge is 0.288 e. The minimum Gasteiger partial charge on any atom is -0.504 e. The number of phenolic OH excluding ortho intramolecular Hbond substituents is 2. The minimum absolute atomic E-state index is 0.0649. The third-order valence-corrected chi connectivity index (χ3v) is 6.19. The molecule has 0 bridgehead atoms. The van der Waals surface area contributed by atoms with Crippen molar-refractivity contribution in [1.82, 2.24) is 4.90 Å². The Kier molecular flexibility index (Phi) is 5.68. The number of rotatable bonds is 4. The summed E-state index contributed by atoms with van der Waals surface area (Å²) in [5.41, 5.74) is -3.97. The number of aliphatic hydroxyl groups is 6. The van der Waals surface area contributed by atoms with E-state index in [1.54, 1.807) is 13.8 Å². The molecular weight excluding hydrogens is 413 g/mol. The van der Waals surface area contributed by atoms with Crippen LogP contribution in [0.3, 0.4) is 0 Å². The van der Waals surface area contributed by atoms with Crippen LogP contribution in [-0.2, 0) is 5.79 Å². The fourth-order valence-corrected chi connectivity index (χ4v) is 4.85. The summed E-state index contributed by atoms with van der Waals surface area (Å²) in [6.45, 7) is 3.60. The molecule has 12 heteroatoms. The number of fused-ring (bicyclic) bond motifs is 3. The zero-order chi connectivity index (χ0) is 23.7. The number of ether oxygens (including phenoxy) is 2. The van der Waals surface area contributed by atoms with Gasteiger partial charge in [0.15, 0.2) is 11.5 Å². The molecule has 2 heterocycles. The van der Waals surface area contributed by atoms with Crippen molar-refractivity contribution in [1.29, 1.82) is 0 Å². The molecule has 0 saturated carbocycles. The summed E-state index contributed by atoms with van der Waals surface area (Å²) >= 11 is 0. The SMILES string of the molecule is [B]C1(O)C(CC(C)C)C(O)CC2c3c(O)c(OC)c(OC)c(O)c3C(O)(O)C(O)(O)N21. The van der Waals surface area contributed by atoms with Crippen LogP contribution in [0.15, 0.2) is 0 Å². The minimum atomic E-state index is -3.65. The Morgan fingerprint density at radius 1 is 1.03 bits per heavy atom. The molecule has 1 aromatic rings. The molecular formula is C19H28BNO10. The van der Waals surface area contributed by atoms with Gasteiger partial charge in [0.2, 0.25) is 11.5 Å². The fraction of sp³-hybridized carbons (Fsp3) is 0.684. The standard InChI is InChI=1S/C19H28BNO10/c1-7(2)5-8-10(22)6-9-11-12(14(24)16(31-4)15(30-3)13(11)23)17(25,26)19(28,29)21(9)18(8,20)27/h7-10,22-29H,5-6H2,1-4H3. The van der Waals surface area contributed by atoms with Gasteiger partial charge < -0.3 is 50.3 Å². The number of aromatic hydroxyl groups is 2. The van der Waals surface area contributed by atoms with Crippen LogP contribution in [-0.4, -0.2) is 85.5 Å². The van der Waals surface area contributed by atoms with Crippen molar-refractivity contribution in [3.8, 4) is 23.0 Å². The lowest BCUT2D eigenvalue weighted by molar-refractivity contribution is -0.464. The molecule has 0 aliphatic carbocycles. The molecule has 8 N–H and O–H groups in total. The van der Waals surface area contributed by atoms with E-state index in [9.17, 15) is 40.9 Å². The third kappa shape index (κ3) is 3.09. The molecule has 1 fully saturated rings. The van der Waals surface area contributed by atoms with Gasteiger partial charge in [0.25, 0.3) is 11.7 Å². The highest BCUT2D eigenvalue weighted by molar-refractivity contribution is 6.14. The van der Waals surface area contributed by atoms with Crippen molar-refractivity contribution >= 4 is 7.85 Å². The van der Waals surface area contributed by atoms with E-state index in [2.05, 4.69) is 0 Å². The normalized spacial score (nSPS) is 31.8. The maximum absolute atomic E-state index is 11.1. The van der Waals surface area contributed by atoms with Crippen LogP contribution in [0.1, 0.15) is 43.9 Å². The van der Waals surface area contributed by atoms with E-state index in [-0.39, 0.29) is 24.5 Å². The van der Waals surface area contributed by atoms with E-state index >= 15 is 0 Å². The Labute approximate surface area is 180 Å². The number of phenols is 2. The maximum atomic E-state index is 11.1. The van der Waals surface area contributed by atoms with E-state index in [1.807, 2.05) is 0 Å². The van der Waals surface area contributed by atoms with Gasteiger partial charge >= 0.3 is 0 Å². The molecule has 4 unspecified atom stereocenters. The highest BCUT2D eigenvalue weighted by Crippen LogP contribution is 2.62. The van der Waals surface area contributed by atoms with Crippen LogP contribution in [0.5, 0.6) is 23.0 Å². The lowest BCUT2D eigenvalue weighted by atomic mass is 9.63. The van der Waals surface area contributed by atoms with Crippen molar-refractivity contribution in [3.05, 3.63) is 11.1 Å². The van der Waals surface area contributed by atoms with Gasteiger partial charge in [0.05, 0.1) is 31.5 Å². The van der Waals surface area contributed by atoms with E-state index in [0.29, 0.717) is 4.90 Å². The number of methoxy groups -OCH3 is 2. The van der Waals surface area contributed by atoms with E-state index in [1.165, 1.54) is 0 Å². The quantitative estimate of drug-likeness (QED) is 0.154. The molecule has 3 rings (SSSR count). The number of nitrogens with zero attached hydrogens (tertiary/aromatic N) is 1. The van der Waals surface area contributed by atoms with Crippen molar-refractivity contribution in [3.63, 3.8) is 0 Å².